The zero-order valence-corrected chi connectivity index (χ0v) is 19.0. The van der Waals surface area contributed by atoms with Crippen molar-refractivity contribution in [2.24, 2.45) is 5.41 Å². The van der Waals surface area contributed by atoms with Crippen molar-refractivity contribution in [3.8, 4) is 5.75 Å². The molecule has 0 bridgehead atoms. The highest BCUT2D eigenvalue weighted by atomic mass is 35.5. The van der Waals surface area contributed by atoms with Crippen LogP contribution in [0.4, 0.5) is 0 Å². The lowest BCUT2D eigenvalue weighted by Gasteiger charge is -2.33. The van der Waals surface area contributed by atoms with Crippen LogP contribution in [0.3, 0.4) is 0 Å². The summed E-state index contributed by atoms with van der Waals surface area (Å²) in [5.74, 6) is 0.899. The van der Waals surface area contributed by atoms with Crippen LogP contribution in [0.1, 0.15) is 38.2 Å². The number of hydrogen-bond acceptors (Lipinski definition) is 4. The maximum absolute atomic E-state index is 12.8. The fourth-order valence-corrected chi connectivity index (χ4v) is 4.42. The number of ether oxygens (including phenoxy) is 1. The third-order valence-corrected chi connectivity index (χ3v) is 5.88. The molecule has 160 valence electrons. The Labute approximate surface area is 185 Å². The predicted octanol–water partition coefficient (Wildman–Crippen LogP) is 3.66. The second-order valence-electron chi connectivity index (χ2n) is 7.70. The molecular weight excluding hydrogens is 421 g/mol. The van der Waals surface area contributed by atoms with Crippen LogP contribution in [0, 0.1) is 5.41 Å². The maximum Gasteiger partial charge on any atom is 0.237 e. The van der Waals surface area contributed by atoms with E-state index in [0.717, 1.165) is 56.6 Å². The largest absolute Gasteiger partial charge is 0.493 e. The molecule has 2 aliphatic rings. The molecule has 0 aliphatic carbocycles. The van der Waals surface area contributed by atoms with Crippen molar-refractivity contribution in [3.63, 3.8) is 0 Å². The minimum Gasteiger partial charge on any atom is -0.493 e. The molecule has 2 saturated heterocycles. The summed E-state index contributed by atoms with van der Waals surface area (Å²) in [7, 11) is 2.07. The van der Waals surface area contributed by atoms with Gasteiger partial charge >= 0.3 is 0 Å². The van der Waals surface area contributed by atoms with E-state index in [0.29, 0.717) is 23.6 Å². The van der Waals surface area contributed by atoms with Crippen molar-refractivity contribution >= 4 is 42.3 Å². The third kappa shape index (κ3) is 6.14. The first-order chi connectivity index (χ1) is 12.5. The van der Waals surface area contributed by atoms with E-state index >= 15 is 0 Å². The molecule has 0 saturated carbocycles. The number of halogens is 3. The number of nitrogens with one attached hydrogen (secondary N) is 2. The van der Waals surface area contributed by atoms with Gasteiger partial charge in [-0.25, -0.2) is 0 Å². The van der Waals surface area contributed by atoms with Crippen molar-refractivity contribution in [1.82, 2.24) is 15.5 Å². The van der Waals surface area contributed by atoms with Gasteiger partial charge in [0.1, 0.15) is 5.75 Å². The first-order valence-electron chi connectivity index (χ1n) is 9.63. The van der Waals surface area contributed by atoms with Gasteiger partial charge in [-0.2, -0.15) is 0 Å². The van der Waals surface area contributed by atoms with E-state index < -0.39 is 0 Å². The van der Waals surface area contributed by atoms with E-state index in [4.69, 9.17) is 16.3 Å². The van der Waals surface area contributed by atoms with E-state index in [1.54, 1.807) is 0 Å². The first kappa shape index (κ1) is 25.3. The Bertz CT molecular complexity index is 639. The Kier molecular flexibility index (Phi) is 10.4. The number of rotatable bonds is 6. The number of benzene rings is 1. The number of piperidine rings is 1. The summed E-state index contributed by atoms with van der Waals surface area (Å²) in [6, 6.07) is 5.53. The first-order valence-corrected chi connectivity index (χ1v) is 10.0. The van der Waals surface area contributed by atoms with Gasteiger partial charge in [0.15, 0.2) is 0 Å². The van der Waals surface area contributed by atoms with Crippen LogP contribution in [0.25, 0.3) is 0 Å². The smallest absolute Gasteiger partial charge is 0.237 e. The molecule has 2 heterocycles. The number of likely N-dealkylation sites (tertiary alicyclic amines) is 1. The lowest BCUT2D eigenvalue weighted by Crippen LogP contribution is -2.41. The number of carbonyl (C=O) groups is 1. The van der Waals surface area contributed by atoms with E-state index in [2.05, 4.69) is 29.5 Å². The summed E-state index contributed by atoms with van der Waals surface area (Å²) in [6.07, 6.45) is 4.21. The highest BCUT2D eigenvalue weighted by Gasteiger charge is 2.45. The molecule has 1 amide bonds. The Morgan fingerprint density at radius 2 is 2.07 bits per heavy atom. The number of hydrogen-bond donors (Lipinski definition) is 2. The molecule has 28 heavy (non-hydrogen) atoms. The number of amides is 1. The lowest BCUT2D eigenvalue weighted by atomic mass is 9.77. The van der Waals surface area contributed by atoms with Crippen molar-refractivity contribution in [2.45, 2.75) is 45.2 Å². The molecule has 5 nitrogen and oxygen atoms in total. The van der Waals surface area contributed by atoms with Gasteiger partial charge in [-0.15, -0.1) is 24.8 Å². The van der Waals surface area contributed by atoms with Gasteiger partial charge in [-0.1, -0.05) is 18.5 Å². The molecule has 1 aromatic rings. The molecule has 1 unspecified atom stereocenters. The molecular formula is C20H32Cl3N3O2. The van der Waals surface area contributed by atoms with Crippen LogP contribution in [-0.4, -0.2) is 50.1 Å². The normalized spacial score (nSPS) is 20.9. The summed E-state index contributed by atoms with van der Waals surface area (Å²) < 4.78 is 5.78. The second kappa shape index (κ2) is 11.5. The highest BCUT2D eigenvalue weighted by molar-refractivity contribution is 6.30. The Hall–Kier alpha value is -0.720. The van der Waals surface area contributed by atoms with Crippen LogP contribution in [-0.2, 0) is 11.3 Å². The lowest BCUT2D eigenvalue weighted by molar-refractivity contribution is -0.125. The topological polar surface area (TPSA) is 53.6 Å². The second-order valence-corrected chi connectivity index (χ2v) is 8.14. The van der Waals surface area contributed by atoms with Crippen LogP contribution < -0.4 is 15.4 Å². The van der Waals surface area contributed by atoms with Crippen molar-refractivity contribution in [1.29, 1.82) is 0 Å². The molecule has 0 radical (unpaired) electrons. The van der Waals surface area contributed by atoms with Crippen molar-refractivity contribution < 1.29 is 9.53 Å². The molecule has 0 aromatic heterocycles. The Morgan fingerprint density at radius 1 is 1.36 bits per heavy atom. The number of nitrogens with zero attached hydrogens (tertiary/aromatic N) is 1. The van der Waals surface area contributed by atoms with E-state index in [9.17, 15) is 4.79 Å². The summed E-state index contributed by atoms with van der Waals surface area (Å²) in [5, 5.41) is 7.18. The van der Waals surface area contributed by atoms with Gasteiger partial charge in [0, 0.05) is 23.7 Å². The fraction of sp³-hybridized carbons (Fsp3) is 0.650. The van der Waals surface area contributed by atoms with E-state index in [1.165, 1.54) is 0 Å². The molecule has 3 rings (SSSR count). The highest BCUT2D eigenvalue weighted by Crippen LogP contribution is 2.41. The summed E-state index contributed by atoms with van der Waals surface area (Å²) >= 11 is 6.13. The van der Waals surface area contributed by atoms with Gasteiger partial charge in [-0.3, -0.25) is 9.69 Å². The van der Waals surface area contributed by atoms with Crippen LogP contribution in [0.5, 0.6) is 5.75 Å². The van der Waals surface area contributed by atoms with Crippen LogP contribution in [0.15, 0.2) is 18.2 Å². The molecule has 8 heteroatoms. The van der Waals surface area contributed by atoms with Gasteiger partial charge in [0.25, 0.3) is 0 Å². The average molecular weight is 453 g/mol. The molecule has 1 spiro atoms. The van der Waals surface area contributed by atoms with Crippen LogP contribution >= 0.6 is 36.4 Å². The van der Waals surface area contributed by atoms with Crippen molar-refractivity contribution in [3.05, 3.63) is 28.8 Å². The number of likely N-dealkylation sites (N-methyl/N-ethyl adjacent to an activating group) is 1. The Morgan fingerprint density at radius 3 is 2.75 bits per heavy atom. The van der Waals surface area contributed by atoms with Crippen LogP contribution in [0.2, 0.25) is 5.02 Å². The quantitative estimate of drug-likeness (QED) is 0.691. The summed E-state index contributed by atoms with van der Waals surface area (Å²) in [4.78, 5) is 15.0. The Balaban J connectivity index is 0.00000196. The van der Waals surface area contributed by atoms with Gasteiger partial charge in [0.2, 0.25) is 5.91 Å². The fourth-order valence-electron chi connectivity index (χ4n) is 4.22. The van der Waals surface area contributed by atoms with E-state index in [-0.39, 0.29) is 36.8 Å². The molecule has 2 fully saturated rings. The maximum atomic E-state index is 12.8. The monoisotopic (exact) mass is 451 g/mol. The molecule has 1 aromatic carbocycles. The van der Waals surface area contributed by atoms with Gasteiger partial charge in [0.05, 0.1) is 12.6 Å². The standard InChI is InChI=1S/C20H30ClN3O2.2ClH/c1-3-10-26-18-5-4-16(21)11-15(18)13-23-19(25)17-12-20(14-24(17)2)6-8-22-9-7-20;;/h4-5,11,17,22H,3,6-10,12-14H2,1-2H3,(H,23,25);2*1H. The van der Waals surface area contributed by atoms with Gasteiger partial charge < -0.3 is 15.4 Å². The minimum atomic E-state index is -0.0488. The zero-order valence-electron chi connectivity index (χ0n) is 16.6. The third-order valence-electron chi connectivity index (χ3n) is 5.65. The van der Waals surface area contributed by atoms with Gasteiger partial charge in [-0.05, 0) is 69.4 Å². The minimum absolute atomic E-state index is 0. The summed E-state index contributed by atoms with van der Waals surface area (Å²) in [6.45, 7) is 6.30. The summed E-state index contributed by atoms with van der Waals surface area (Å²) in [5.41, 5.74) is 1.23. The molecule has 2 aliphatic heterocycles. The zero-order chi connectivity index (χ0) is 18.6. The predicted molar refractivity (Wildman–Crippen MR) is 119 cm³/mol. The number of carbonyl (C=O) groups excluding carboxylic acids is 1. The van der Waals surface area contributed by atoms with Crippen molar-refractivity contribution in [2.75, 3.05) is 33.3 Å². The van der Waals surface area contributed by atoms with E-state index in [1.807, 2.05) is 18.2 Å². The average Bonchev–Trinajstić information content (AvgIpc) is 2.95. The molecule has 1 atom stereocenters. The SMILES string of the molecule is CCCOc1ccc(Cl)cc1CNC(=O)C1CC2(CCNCC2)CN1C.Cl.Cl. The molecule has 2 N–H and O–H groups in total.